The van der Waals surface area contributed by atoms with Crippen LogP contribution in [-0.2, 0) is 13.5 Å². The average molecular weight is 251 g/mol. The SMILES string of the molecule is CCCNCC(C)(CCC)CCc1cnn(C)c1. The first-order valence-corrected chi connectivity index (χ1v) is 7.28. The first kappa shape index (κ1) is 15.2. The molecule has 0 amide bonds. The van der Waals surface area contributed by atoms with Crippen molar-refractivity contribution < 1.29 is 0 Å². The molecule has 0 aromatic carbocycles. The number of rotatable bonds is 9. The maximum atomic E-state index is 4.24. The molecule has 0 aliphatic carbocycles. The Morgan fingerprint density at radius 3 is 2.61 bits per heavy atom. The Balaban J connectivity index is 2.45. The lowest BCUT2D eigenvalue weighted by molar-refractivity contribution is 0.256. The van der Waals surface area contributed by atoms with Crippen LogP contribution < -0.4 is 5.32 Å². The van der Waals surface area contributed by atoms with E-state index < -0.39 is 0 Å². The van der Waals surface area contributed by atoms with E-state index in [1.165, 1.54) is 31.2 Å². The van der Waals surface area contributed by atoms with E-state index in [2.05, 4.69) is 37.4 Å². The summed E-state index contributed by atoms with van der Waals surface area (Å²) in [7, 11) is 1.98. The van der Waals surface area contributed by atoms with Crippen LogP contribution in [0.15, 0.2) is 12.4 Å². The Labute approximate surface area is 112 Å². The summed E-state index contributed by atoms with van der Waals surface area (Å²) in [5.41, 5.74) is 1.77. The zero-order valence-corrected chi connectivity index (χ0v) is 12.5. The molecule has 104 valence electrons. The van der Waals surface area contributed by atoms with Crippen molar-refractivity contribution in [2.75, 3.05) is 13.1 Å². The van der Waals surface area contributed by atoms with Crippen LogP contribution >= 0.6 is 0 Å². The minimum absolute atomic E-state index is 0.416. The summed E-state index contributed by atoms with van der Waals surface area (Å²) in [6.07, 6.45) is 10.3. The van der Waals surface area contributed by atoms with Gasteiger partial charge in [-0.25, -0.2) is 0 Å². The van der Waals surface area contributed by atoms with Crippen molar-refractivity contribution in [3.8, 4) is 0 Å². The molecule has 3 nitrogen and oxygen atoms in total. The van der Waals surface area contributed by atoms with Crippen molar-refractivity contribution in [2.24, 2.45) is 12.5 Å². The molecule has 0 aliphatic rings. The predicted molar refractivity (Wildman–Crippen MR) is 77.7 cm³/mol. The second-order valence-electron chi connectivity index (χ2n) is 5.76. The molecule has 0 spiro atoms. The highest BCUT2D eigenvalue weighted by molar-refractivity contribution is 5.04. The Morgan fingerprint density at radius 2 is 2.06 bits per heavy atom. The lowest BCUT2D eigenvalue weighted by Gasteiger charge is -2.29. The highest BCUT2D eigenvalue weighted by Gasteiger charge is 2.22. The van der Waals surface area contributed by atoms with Crippen LogP contribution in [0, 0.1) is 5.41 Å². The Bertz CT molecular complexity index is 332. The van der Waals surface area contributed by atoms with Crippen LogP contribution in [0.3, 0.4) is 0 Å². The number of hydrogen-bond donors (Lipinski definition) is 1. The van der Waals surface area contributed by atoms with E-state index in [0.29, 0.717) is 5.41 Å². The van der Waals surface area contributed by atoms with Gasteiger partial charge in [-0.2, -0.15) is 5.10 Å². The molecule has 18 heavy (non-hydrogen) atoms. The van der Waals surface area contributed by atoms with Gasteiger partial charge in [0.2, 0.25) is 0 Å². The third-order valence-corrected chi connectivity index (χ3v) is 3.61. The van der Waals surface area contributed by atoms with Gasteiger partial charge in [0.05, 0.1) is 6.20 Å². The number of hydrogen-bond acceptors (Lipinski definition) is 2. The lowest BCUT2D eigenvalue weighted by Crippen LogP contribution is -2.32. The number of aromatic nitrogens is 2. The molecule has 1 atom stereocenters. The summed E-state index contributed by atoms with van der Waals surface area (Å²) in [5, 5.41) is 7.82. The fourth-order valence-electron chi connectivity index (χ4n) is 2.52. The fourth-order valence-corrected chi connectivity index (χ4v) is 2.52. The second kappa shape index (κ2) is 7.57. The van der Waals surface area contributed by atoms with E-state index >= 15 is 0 Å². The van der Waals surface area contributed by atoms with Gasteiger partial charge in [0.15, 0.2) is 0 Å². The van der Waals surface area contributed by atoms with Gasteiger partial charge in [-0.3, -0.25) is 4.68 Å². The first-order chi connectivity index (χ1) is 8.59. The third-order valence-electron chi connectivity index (χ3n) is 3.61. The second-order valence-corrected chi connectivity index (χ2v) is 5.76. The van der Waals surface area contributed by atoms with Crippen LogP contribution in [0.1, 0.15) is 52.0 Å². The highest BCUT2D eigenvalue weighted by atomic mass is 15.2. The minimum atomic E-state index is 0.416. The van der Waals surface area contributed by atoms with Crippen molar-refractivity contribution in [1.29, 1.82) is 0 Å². The number of nitrogens with zero attached hydrogens (tertiary/aromatic N) is 2. The largest absolute Gasteiger partial charge is 0.316 e. The predicted octanol–water partition coefficient (Wildman–Crippen LogP) is 3.16. The zero-order valence-electron chi connectivity index (χ0n) is 12.5. The van der Waals surface area contributed by atoms with Crippen LogP contribution in [0.25, 0.3) is 0 Å². The summed E-state index contributed by atoms with van der Waals surface area (Å²) in [5.74, 6) is 0. The van der Waals surface area contributed by atoms with Gasteiger partial charge < -0.3 is 5.32 Å². The van der Waals surface area contributed by atoms with E-state index in [1.54, 1.807) is 0 Å². The molecular weight excluding hydrogens is 222 g/mol. The normalized spacial score (nSPS) is 14.7. The van der Waals surface area contributed by atoms with E-state index in [0.717, 1.165) is 19.5 Å². The molecule has 1 unspecified atom stereocenters. The van der Waals surface area contributed by atoms with Gasteiger partial charge in [0.25, 0.3) is 0 Å². The molecule has 1 rings (SSSR count). The van der Waals surface area contributed by atoms with Crippen LogP contribution in [0.5, 0.6) is 0 Å². The summed E-state index contributed by atoms with van der Waals surface area (Å²) in [6, 6.07) is 0. The molecule has 1 aromatic rings. The topological polar surface area (TPSA) is 29.9 Å². The first-order valence-electron chi connectivity index (χ1n) is 7.28. The zero-order chi connectivity index (χ0) is 13.4. The summed E-state index contributed by atoms with van der Waals surface area (Å²) >= 11 is 0. The molecule has 0 radical (unpaired) electrons. The maximum absolute atomic E-state index is 4.24. The molecule has 1 N–H and O–H groups in total. The quantitative estimate of drug-likeness (QED) is 0.683. The van der Waals surface area contributed by atoms with Gasteiger partial charge in [0, 0.05) is 19.8 Å². The Morgan fingerprint density at radius 1 is 1.28 bits per heavy atom. The van der Waals surface area contributed by atoms with Crippen LogP contribution in [-0.4, -0.2) is 22.9 Å². The Kier molecular flexibility index (Phi) is 6.41. The molecule has 0 saturated heterocycles. The summed E-state index contributed by atoms with van der Waals surface area (Å²) in [6.45, 7) is 9.18. The average Bonchev–Trinajstić information content (AvgIpc) is 2.74. The molecule has 0 bridgehead atoms. The molecule has 0 aliphatic heterocycles. The highest BCUT2D eigenvalue weighted by Crippen LogP contribution is 2.28. The Hall–Kier alpha value is -0.830. The monoisotopic (exact) mass is 251 g/mol. The van der Waals surface area contributed by atoms with Crippen molar-refractivity contribution in [1.82, 2.24) is 15.1 Å². The molecule has 1 aromatic heterocycles. The summed E-state index contributed by atoms with van der Waals surface area (Å²) < 4.78 is 1.89. The van der Waals surface area contributed by atoms with Gasteiger partial charge >= 0.3 is 0 Å². The van der Waals surface area contributed by atoms with Crippen molar-refractivity contribution in [2.45, 2.75) is 52.9 Å². The van der Waals surface area contributed by atoms with Gasteiger partial charge in [-0.05, 0) is 43.2 Å². The van der Waals surface area contributed by atoms with Gasteiger partial charge in [-0.15, -0.1) is 0 Å². The van der Waals surface area contributed by atoms with Gasteiger partial charge in [-0.1, -0.05) is 27.2 Å². The molecule has 0 fully saturated rings. The molecule has 3 heteroatoms. The summed E-state index contributed by atoms with van der Waals surface area (Å²) in [4.78, 5) is 0. The molecule has 0 saturated carbocycles. The minimum Gasteiger partial charge on any atom is -0.316 e. The fraction of sp³-hybridized carbons (Fsp3) is 0.800. The maximum Gasteiger partial charge on any atom is 0.0521 e. The van der Waals surface area contributed by atoms with Crippen molar-refractivity contribution >= 4 is 0 Å². The van der Waals surface area contributed by atoms with E-state index in [4.69, 9.17) is 0 Å². The van der Waals surface area contributed by atoms with Crippen molar-refractivity contribution in [3.63, 3.8) is 0 Å². The van der Waals surface area contributed by atoms with Crippen LogP contribution in [0.4, 0.5) is 0 Å². The molecule has 1 heterocycles. The third kappa shape index (κ3) is 5.21. The van der Waals surface area contributed by atoms with Crippen LogP contribution in [0.2, 0.25) is 0 Å². The molecular formula is C15H29N3. The van der Waals surface area contributed by atoms with E-state index in [9.17, 15) is 0 Å². The number of aryl methyl sites for hydroxylation is 2. The van der Waals surface area contributed by atoms with E-state index in [1.807, 2.05) is 17.9 Å². The standard InChI is InChI=1S/C15H29N3/c1-5-8-15(3,13-16-10-6-2)9-7-14-11-17-18(4)12-14/h11-12,16H,5-10,13H2,1-4H3. The number of nitrogens with one attached hydrogen (secondary N) is 1. The smallest absolute Gasteiger partial charge is 0.0521 e. The van der Waals surface area contributed by atoms with Gasteiger partial charge in [0.1, 0.15) is 0 Å². The lowest BCUT2D eigenvalue weighted by atomic mass is 9.80. The van der Waals surface area contributed by atoms with E-state index in [-0.39, 0.29) is 0 Å². The van der Waals surface area contributed by atoms with Crippen molar-refractivity contribution in [3.05, 3.63) is 18.0 Å².